The van der Waals surface area contributed by atoms with E-state index in [1.807, 2.05) is 24.3 Å². The summed E-state index contributed by atoms with van der Waals surface area (Å²) < 4.78 is 6.75. The fourth-order valence-corrected chi connectivity index (χ4v) is 1.92. The molecule has 0 spiro atoms. The van der Waals surface area contributed by atoms with Crippen LogP contribution in [0, 0.1) is 0 Å². The van der Waals surface area contributed by atoms with Crippen molar-refractivity contribution in [2.75, 3.05) is 7.11 Å². The number of hydrogen-bond donors (Lipinski definition) is 2. The smallest absolute Gasteiger partial charge is 0.266 e. The fourth-order valence-electron chi connectivity index (χ4n) is 1.92. The van der Waals surface area contributed by atoms with Gasteiger partial charge in [0.25, 0.3) is 5.96 Å². The van der Waals surface area contributed by atoms with Gasteiger partial charge in [-0.3, -0.25) is 0 Å². The Morgan fingerprint density at radius 2 is 2.23 bits per heavy atom. The Balaban J connectivity index is 1.81. The van der Waals surface area contributed by atoms with E-state index >= 15 is 0 Å². The number of ether oxygens (including phenoxy) is 1. The molecule has 0 atom stereocenters. The van der Waals surface area contributed by atoms with Crippen LogP contribution in [0.4, 0.5) is 0 Å². The van der Waals surface area contributed by atoms with Crippen LogP contribution >= 0.6 is 0 Å². The standard InChI is InChI=1S/C13H14N8O/c1-22-10-5-3-2-4-9(10)7-16-19-13-20-18-11(14)6-12-15-8-17-21(12)13/h2-5,7-8H,6H2,1H3,(H2,14,18)(H,19,20). The lowest BCUT2D eigenvalue weighted by atomic mass is 10.2. The second-order valence-electron chi connectivity index (χ2n) is 4.39. The van der Waals surface area contributed by atoms with Gasteiger partial charge in [0.2, 0.25) is 0 Å². The van der Waals surface area contributed by atoms with Crippen LogP contribution in [0.2, 0.25) is 0 Å². The van der Waals surface area contributed by atoms with Gasteiger partial charge in [0.1, 0.15) is 23.7 Å². The van der Waals surface area contributed by atoms with Crippen molar-refractivity contribution in [3.8, 4) is 5.75 Å². The highest BCUT2D eigenvalue weighted by Gasteiger charge is 2.15. The number of fused-ring (bicyclic) bond motifs is 1. The summed E-state index contributed by atoms with van der Waals surface area (Å²) in [5, 5.41) is 16.1. The number of hydrogen-bond acceptors (Lipinski definition) is 8. The first kappa shape index (κ1) is 13.7. The van der Waals surface area contributed by atoms with Gasteiger partial charge in [-0.2, -0.15) is 14.9 Å². The van der Waals surface area contributed by atoms with Gasteiger partial charge in [-0.25, -0.2) is 10.4 Å². The van der Waals surface area contributed by atoms with Gasteiger partial charge >= 0.3 is 0 Å². The van der Waals surface area contributed by atoms with Crippen LogP contribution in [0.25, 0.3) is 0 Å². The minimum atomic E-state index is 0.319. The number of rotatable bonds is 3. The zero-order valence-electron chi connectivity index (χ0n) is 11.8. The molecule has 1 aliphatic rings. The number of aromatic nitrogens is 3. The minimum absolute atomic E-state index is 0.319. The summed E-state index contributed by atoms with van der Waals surface area (Å²) in [6, 6.07) is 7.52. The van der Waals surface area contributed by atoms with Crippen molar-refractivity contribution in [1.82, 2.24) is 20.2 Å². The van der Waals surface area contributed by atoms with Crippen LogP contribution in [0.15, 0.2) is 45.9 Å². The zero-order valence-corrected chi connectivity index (χ0v) is 11.8. The average molecular weight is 298 g/mol. The van der Waals surface area contributed by atoms with E-state index in [0.717, 1.165) is 11.3 Å². The van der Waals surface area contributed by atoms with E-state index < -0.39 is 0 Å². The first-order valence-electron chi connectivity index (χ1n) is 6.49. The Hall–Kier alpha value is -3.23. The fraction of sp³-hybridized carbons (Fsp3) is 0.154. The molecule has 0 radical (unpaired) electrons. The zero-order chi connectivity index (χ0) is 15.4. The molecule has 0 unspecified atom stereocenters. The number of benzene rings is 1. The van der Waals surface area contributed by atoms with Crippen LogP contribution in [-0.2, 0) is 6.42 Å². The molecule has 0 amide bonds. The predicted octanol–water partition coefficient (Wildman–Crippen LogP) is -0.0572. The van der Waals surface area contributed by atoms with Crippen molar-refractivity contribution < 1.29 is 4.74 Å². The second kappa shape index (κ2) is 6.04. The number of methoxy groups -OCH3 is 1. The topological polar surface area (TPSA) is 115 Å². The van der Waals surface area contributed by atoms with E-state index in [1.165, 1.54) is 11.0 Å². The maximum absolute atomic E-state index is 5.71. The van der Waals surface area contributed by atoms with E-state index in [-0.39, 0.29) is 0 Å². The van der Waals surface area contributed by atoms with E-state index in [4.69, 9.17) is 10.5 Å². The first-order chi connectivity index (χ1) is 10.8. The molecule has 3 rings (SSSR count). The summed E-state index contributed by atoms with van der Waals surface area (Å²) >= 11 is 0. The summed E-state index contributed by atoms with van der Waals surface area (Å²) in [7, 11) is 1.61. The van der Waals surface area contributed by atoms with Crippen molar-refractivity contribution in [2.24, 2.45) is 21.0 Å². The van der Waals surface area contributed by atoms with Crippen molar-refractivity contribution >= 4 is 18.0 Å². The van der Waals surface area contributed by atoms with Gasteiger partial charge in [0.05, 0.1) is 19.7 Å². The van der Waals surface area contributed by atoms with Gasteiger partial charge < -0.3 is 10.5 Å². The van der Waals surface area contributed by atoms with Gasteiger partial charge in [-0.05, 0) is 12.1 Å². The van der Waals surface area contributed by atoms with Crippen LogP contribution in [-0.4, -0.2) is 39.9 Å². The number of nitrogens with zero attached hydrogens (tertiary/aromatic N) is 6. The molecule has 112 valence electrons. The third-order valence-corrected chi connectivity index (χ3v) is 2.94. The minimum Gasteiger partial charge on any atom is -0.496 e. The molecule has 0 fully saturated rings. The predicted molar refractivity (Wildman–Crippen MR) is 81.9 cm³/mol. The number of hydrazone groups is 1. The SMILES string of the molecule is COc1ccccc1C=NNC1=NN=C(N)Cc2ncnn21. The molecule has 2 aromatic rings. The summed E-state index contributed by atoms with van der Waals surface area (Å²) in [6.45, 7) is 0. The van der Waals surface area contributed by atoms with Crippen LogP contribution < -0.4 is 15.9 Å². The highest BCUT2D eigenvalue weighted by atomic mass is 16.5. The molecular formula is C13H14N8O. The molecule has 9 nitrogen and oxygen atoms in total. The van der Waals surface area contributed by atoms with Crippen molar-refractivity contribution in [2.45, 2.75) is 6.42 Å². The quantitative estimate of drug-likeness (QED) is 0.608. The molecule has 0 saturated heterocycles. The van der Waals surface area contributed by atoms with Crippen molar-refractivity contribution in [3.05, 3.63) is 42.0 Å². The molecule has 1 aromatic heterocycles. The Bertz CT molecular complexity index is 761. The summed E-state index contributed by atoms with van der Waals surface area (Å²) in [5.41, 5.74) is 9.32. The highest BCUT2D eigenvalue weighted by molar-refractivity contribution is 5.90. The van der Waals surface area contributed by atoms with Gasteiger partial charge in [-0.1, -0.05) is 12.1 Å². The molecule has 22 heavy (non-hydrogen) atoms. The lowest BCUT2D eigenvalue weighted by molar-refractivity contribution is 0.414. The Morgan fingerprint density at radius 1 is 1.36 bits per heavy atom. The number of nitrogens with two attached hydrogens (primary N) is 1. The first-order valence-corrected chi connectivity index (χ1v) is 6.49. The number of para-hydroxylation sites is 1. The average Bonchev–Trinajstić information content (AvgIpc) is 2.93. The van der Waals surface area contributed by atoms with Gasteiger partial charge in [-0.15, -0.1) is 10.2 Å². The van der Waals surface area contributed by atoms with E-state index in [9.17, 15) is 0 Å². The number of nitrogens with one attached hydrogen (secondary N) is 1. The maximum atomic E-state index is 5.71. The summed E-state index contributed by atoms with van der Waals surface area (Å²) in [5.74, 6) is 2.04. The molecule has 3 N–H and O–H groups in total. The normalized spacial score (nSPS) is 14.0. The third-order valence-electron chi connectivity index (χ3n) is 2.94. The largest absolute Gasteiger partial charge is 0.496 e. The number of amidine groups is 1. The lowest BCUT2D eigenvalue weighted by Gasteiger charge is -2.05. The monoisotopic (exact) mass is 298 g/mol. The van der Waals surface area contributed by atoms with Crippen molar-refractivity contribution in [3.63, 3.8) is 0 Å². The van der Waals surface area contributed by atoms with Crippen LogP contribution in [0.3, 0.4) is 0 Å². The molecule has 0 bridgehead atoms. The summed E-state index contributed by atoms with van der Waals surface area (Å²) in [4.78, 5) is 4.11. The highest BCUT2D eigenvalue weighted by Crippen LogP contribution is 2.14. The van der Waals surface area contributed by atoms with Crippen LogP contribution in [0.5, 0.6) is 5.75 Å². The Kier molecular flexibility index (Phi) is 3.77. The van der Waals surface area contributed by atoms with E-state index in [1.54, 1.807) is 13.3 Å². The van der Waals surface area contributed by atoms with E-state index in [2.05, 4.69) is 30.8 Å². The lowest BCUT2D eigenvalue weighted by Crippen LogP contribution is -2.28. The maximum Gasteiger partial charge on any atom is 0.266 e. The molecule has 0 saturated carbocycles. The molecular weight excluding hydrogens is 284 g/mol. The molecule has 1 aromatic carbocycles. The van der Waals surface area contributed by atoms with Crippen LogP contribution in [0.1, 0.15) is 11.4 Å². The van der Waals surface area contributed by atoms with Crippen molar-refractivity contribution in [1.29, 1.82) is 0 Å². The summed E-state index contributed by atoms with van der Waals surface area (Å²) in [6.07, 6.45) is 3.43. The molecule has 1 aliphatic heterocycles. The third kappa shape index (κ3) is 2.77. The van der Waals surface area contributed by atoms with E-state index in [0.29, 0.717) is 24.0 Å². The molecule has 2 heterocycles. The molecule has 0 aliphatic carbocycles. The Morgan fingerprint density at radius 3 is 3.09 bits per heavy atom. The van der Waals surface area contributed by atoms with Gasteiger partial charge in [0.15, 0.2) is 0 Å². The second-order valence-corrected chi connectivity index (χ2v) is 4.39. The van der Waals surface area contributed by atoms with Gasteiger partial charge in [0, 0.05) is 5.56 Å². The Labute approximate surface area is 126 Å². The molecule has 9 heteroatoms.